The van der Waals surface area contributed by atoms with E-state index in [4.69, 9.17) is 9.15 Å². The van der Waals surface area contributed by atoms with Crippen LogP contribution < -0.4 is 0 Å². The SMILES string of the molecule is O=C(O[C@H](C(=O)c1c[nH]c2ccccc12)c1ccccc1)c1ccco1. The molecule has 5 nitrogen and oxygen atoms in total. The highest BCUT2D eigenvalue weighted by Crippen LogP contribution is 2.28. The fraction of sp³-hybridized carbons (Fsp3) is 0.0476. The van der Waals surface area contributed by atoms with E-state index in [1.807, 2.05) is 30.3 Å². The van der Waals surface area contributed by atoms with E-state index in [1.165, 1.54) is 12.3 Å². The summed E-state index contributed by atoms with van der Waals surface area (Å²) >= 11 is 0. The van der Waals surface area contributed by atoms with E-state index in [-0.39, 0.29) is 11.5 Å². The smallest absolute Gasteiger partial charge is 0.375 e. The van der Waals surface area contributed by atoms with Crippen LogP contribution in [0.25, 0.3) is 10.9 Å². The molecule has 0 spiro atoms. The zero-order valence-corrected chi connectivity index (χ0v) is 13.7. The summed E-state index contributed by atoms with van der Waals surface area (Å²) in [6, 6.07) is 19.5. The minimum Gasteiger partial charge on any atom is -0.457 e. The Morgan fingerprint density at radius 3 is 2.46 bits per heavy atom. The average Bonchev–Trinajstić information content (AvgIpc) is 3.36. The Hall–Kier alpha value is -3.60. The molecule has 0 bridgehead atoms. The highest BCUT2D eigenvalue weighted by molar-refractivity contribution is 6.10. The Balaban J connectivity index is 1.73. The Bertz CT molecular complexity index is 1050. The van der Waals surface area contributed by atoms with E-state index in [0.717, 1.165) is 10.9 Å². The van der Waals surface area contributed by atoms with Crippen molar-refractivity contribution < 1.29 is 18.7 Å². The number of hydrogen-bond donors (Lipinski definition) is 1. The number of aromatic nitrogens is 1. The Kier molecular flexibility index (Phi) is 4.11. The number of benzene rings is 2. The highest BCUT2D eigenvalue weighted by Gasteiger charge is 2.29. The van der Waals surface area contributed by atoms with E-state index in [2.05, 4.69) is 4.98 Å². The second-order valence-corrected chi connectivity index (χ2v) is 5.79. The van der Waals surface area contributed by atoms with Gasteiger partial charge < -0.3 is 14.1 Å². The largest absolute Gasteiger partial charge is 0.457 e. The van der Waals surface area contributed by atoms with E-state index in [1.54, 1.807) is 36.5 Å². The molecule has 1 N–H and O–H groups in total. The van der Waals surface area contributed by atoms with Gasteiger partial charge in [0.2, 0.25) is 11.5 Å². The Morgan fingerprint density at radius 1 is 0.923 bits per heavy atom. The number of carbonyl (C=O) groups is 2. The van der Waals surface area contributed by atoms with Crippen LogP contribution in [0.15, 0.2) is 83.6 Å². The number of nitrogens with one attached hydrogen (secondary N) is 1. The van der Waals surface area contributed by atoms with Crippen LogP contribution >= 0.6 is 0 Å². The zero-order valence-electron chi connectivity index (χ0n) is 13.7. The third-order valence-corrected chi connectivity index (χ3v) is 4.14. The number of Topliss-reactive ketones (excluding diaryl/α,β-unsaturated/α-hetero) is 1. The number of carbonyl (C=O) groups excluding carboxylic acids is 2. The third-order valence-electron chi connectivity index (χ3n) is 4.14. The van der Waals surface area contributed by atoms with Gasteiger partial charge in [-0.1, -0.05) is 48.5 Å². The Labute approximate surface area is 149 Å². The van der Waals surface area contributed by atoms with E-state index >= 15 is 0 Å². The van der Waals surface area contributed by atoms with E-state index in [9.17, 15) is 9.59 Å². The fourth-order valence-electron chi connectivity index (χ4n) is 2.88. The molecule has 0 aliphatic carbocycles. The van der Waals surface area contributed by atoms with Gasteiger partial charge in [0.05, 0.1) is 6.26 Å². The standard InChI is InChI=1S/C21H15NO4/c23-19(16-13-22-17-10-5-4-9-15(16)17)20(14-7-2-1-3-8-14)26-21(24)18-11-6-12-25-18/h1-13,20,22H/t20-/m0/s1. The molecule has 0 fully saturated rings. The molecule has 0 aliphatic heterocycles. The highest BCUT2D eigenvalue weighted by atomic mass is 16.6. The molecule has 0 saturated carbocycles. The second-order valence-electron chi connectivity index (χ2n) is 5.79. The predicted molar refractivity (Wildman–Crippen MR) is 95.9 cm³/mol. The number of para-hydroxylation sites is 1. The molecule has 0 radical (unpaired) electrons. The minimum absolute atomic E-state index is 0.0534. The first-order valence-corrected chi connectivity index (χ1v) is 8.14. The fourth-order valence-corrected chi connectivity index (χ4v) is 2.88. The molecule has 5 heteroatoms. The molecular weight excluding hydrogens is 330 g/mol. The summed E-state index contributed by atoms with van der Waals surface area (Å²) in [7, 11) is 0. The summed E-state index contributed by atoms with van der Waals surface area (Å²) in [5.41, 5.74) is 1.92. The number of ketones is 1. The normalized spacial score (nSPS) is 12.0. The van der Waals surface area contributed by atoms with Gasteiger partial charge >= 0.3 is 5.97 Å². The number of fused-ring (bicyclic) bond motifs is 1. The second kappa shape index (κ2) is 6.72. The molecule has 2 heterocycles. The van der Waals surface area contributed by atoms with Crippen LogP contribution in [0, 0.1) is 0 Å². The number of aromatic amines is 1. The summed E-state index contributed by atoms with van der Waals surface area (Å²) in [6.45, 7) is 0. The van der Waals surface area contributed by atoms with Crippen molar-refractivity contribution in [3.05, 3.63) is 96.1 Å². The lowest BCUT2D eigenvalue weighted by molar-refractivity contribution is 0.0251. The van der Waals surface area contributed by atoms with Crippen molar-refractivity contribution in [2.45, 2.75) is 6.10 Å². The van der Waals surface area contributed by atoms with E-state index < -0.39 is 12.1 Å². The zero-order chi connectivity index (χ0) is 17.9. The van der Waals surface area contributed by atoms with Gasteiger partial charge in [-0.05, 0) is 18.2 Å². The molecule has 0 amide bonds. The van der Waals surface area contributed by atoms with Gasteiger partial charge in [-0.25, -0.2) is 4.79 Å². The monoisotopic (exact) mass is 345 g/mol. The molecular formula is C21H15NO4. The number of esters is 1. The van der Waals surface area contributed by atoms with Crippen LogP contribution in [0.2, 0.25) is 0 Å². The molecule has 1 atom stereocenters. The predicted octanol–water partition coefficient (Wildman–Crippen LogP) is 4.54. The quantitative estimate of drug-likeness (QED) is 0.426. The lowest BCUT2D eigenvalue weighted by Crippen LogP contribution is -2.20. The lowest BCUT2D eigenvalue weighted by atomic mass is 9.99. The van der Waals surface area contributed by atoms with Crippen LogP contribution in [0.1, 0.15) is 32.6 Å². The molecule has 2 aromatic carbocycles. The van der Waals surface area contributed by atoms with Crippen molar-refractivity contribution in [2.75, 3.05) is 0 Å². The Morgan fingerprint density at radius 2 is 1.69 bits per heavy atom. The average molecular weight is 345 g/mol. The lowest BCUT2D eigenvalue weighted by Gasteiger charge is -2.16. The van der Waals surface area contributed by atoms with Gasteiger partial charge in [-0.2, -0.15) is 0 Å². The topological polar surface area (TPSA) is 72.3 Å². The molecule has 2 aromatic heterocycles. The van der Waals surface area contributed by atoms with Crippen LogP contribution in [-0.4, -0.2) is 16.7 Å². The summed E-state index contributed by atoms with van der Waals surface area (Å²) < 4.78 is 10.6. The van der Waals surface area contributed by atoms with Gasteiger partial charge in [0.15, 0.2) is 6.10 Å². The maximum absolute atomic E-state index is 13.2. The summed E-state index contributed by atoms with van der Waals surface area (Å²) in [4.78, 5) is 28.6. The number of rotatable bonds is 5. The molecule has 0 aliphatic rings. The molecule has 0 saturated heterocycles. The molecule has 128 valence electrons. The van der Waals surface area contributed by atoms with Gasteiger partial charge in [0.25, 0.3) is 0 Å². The van der Waals surface area contributed by atoms with Crippen LogP contribution in [0.4, 0.5) is 0 Å². The maximum Gasteiger partial charge on any atom is 0.375 e. The number of furan rings is 1. The van der Waals surface area contributed by atoms with Crippen LogP contribution in [0.3, 0.4) is 0 Å². The molecule has 0 unspecified atom stereocenters. The minimum atomic E-state index is -1.06. The summed E-state index contributed by atoms with van der Waals surface area (Å²) in [5.74, 6) is -0.928. The molecule has 26 heavy (non-hydrogen) atoms. The summed E-state index contributed by atoms with van der Waals surface area (Å²) in [5, 5.41) is 0.785. The van der Waals surface area contributed by atoms with Crippen LogP contribution in [-0.2, 0) is 4.74 Å². The van der Waals surface area contributed by atoms with Crippen molar-refractivity contribution >= 4 is 22.7 Å². The van der Waals surface area contributed by atoms with Crippen molar-refractivity contribution in [1.82, 2.24) is 4.98 Å². The van der Waals surface area contributed by atoms with Crippen molar-refractivity contribution in [3.63, 3.8) is 0 Å². The first-order valence-electron chi connectivity index (χ1n) is 8.14. The van der Waals surface area contributed by atoms with Gasteiger partial charge in [0.1, 0.15) is 0 Å². The van der Waals surface area contributed by atoms with Crippen molar-refractivity contribution in [1.29, 1.82) is 0 Å². The van der Waals surface area contributed by atoms with E-state index in [0.29, 0.717) is 11.1 Å². The van der Waals surface area contributed by atoms with Gasteiger partial charge in [-0.15, -0.1) is 0 Å². The molecule has 4 rings (SSSR count). The van der Waals surface area contributed by atoms with Crippen molar-refractivity contribution in [2.24, 2.45) is 0 Å². The van der Waals surface area contributed by atoms with Gasteiger partial charge in [-0.3, -0.25) is 4.79 Å². The third kappa shape index (κ3) is 2.91. The number of H-pyrrole nitrogens is 1. The van der Waals surface area contributed by atoms with Crippen LogP contribution in [0.5, 0.6) is 0 Å². The van der Waals surface area contributed by atoms with Crippen molar-refractivity contribution in [3.8, 4) is 0 Å². The molecule has 4 aromatic rings. The number of ether oxygens (including phenoxy) is 1. The number of hydrogen-bond acceptors (Lipinski definition) is 4. The summed E-state index contributed by atoms with van der Waals surface area (Å²) in [6.07, 6.45) is 1.97. The first kappa shape index (κ1) is 15.9. The maximum atomic E-state index is 13.2. The first-order chi connectivity index (χ1) is 12.7. The van der Waals surface area contributed by atoms with Gasteiger partial charge in [0, 0.05) is 28.2 Å².